The molecule has 0 amide bonds. The third kappa shape index (κ3) is 2.78. The van der Waals surface area contributed by atoms with Crippen LogP contribution in [0.25, 0.3) is 21.9 Å². The molecule has 0 atom stereocenters. The van der Waals surface area contributed by atoms with Crippen LogP contribution < -0.4 is 5.46 Å². The lowest BCUT2D eigenvalue weighted by molar-refractivity contribution is 0.00578. The molecular formula is C22H23BO2. The summed E-state index contributed by atoms with van der Waals surface area (Å²) in [6, 6.07) is 23.5. The van der Waals surface area contributed by atoms with Crippen molar-refractivity contribution in [3.05, 3.63) is 66.7 Å². The highest BCUT2D eigenvalue weighted by molar-refractivity contribution is 6.62. The zero-order chi connectivity index (χ0) is 17.7. The van der Waals surface area contributed by atoms with E-state index in [1.54, 1.807) is 0 Å². The Balaban J connectivity index is 1.67. The Bertz CT molecular complexity index is 891. The average Bonchev–Trinajstić information content (AvgIpc) is 2.82. The van der Waals surface area contributed by atoms with Gasteiger partial charge in [-0.2, -0.15) is 0 Å². The zero-order valence-corrected chi connectivity index (χ0v) is 15.2. The Kier molecular flexibility index (Phi) is 3.75. The molecule has 1 fully saturated rings. The fourth-order valence-corrected chi connectivity index (χ4v) is 3.28. The maximum absolute atomic E-state index is 6.14. The number of hydrogen-bond acceptors (Lipinski definition) is 2. The van der Waals surface area contributed by atoms with E-state index in [4.69, 9.17) is 9.31 Å². The molecule has 1 aliphatic rings. The van der Waals surface area contributed by atoms with E-state index in [0.717, 1.165) is 5.46 Å². The van der Waals surface area contributed by atoms with Gasteiger partial charge in [-0.3, -0.25) is 0 Å². The van der Waals surface area contributed by atoms with Gasteiger partial charge in [0.05, 0.1) is 11.2 Å². The molecule has 4 rings (SSSR count). The standard InChI is InChI=1S/C22H23BO2/c1-21(2)22(3,4)25-23(24-21)18-14-12-17(13-15-18)20-11-7-9-16-8-5-6-10-19(16)20/h5-15H,1-4H3. The molecule has 0 aliphatic carbocycles. The van der Waals surface area contributed by atoms with E-state index in [2.05, 4.69) is 94.4 Å². The predicted octanol–water partition coefficient (Wildman–Crippen LogP) is 4.81. The van der Waals surface area contributed by atoms with Crippen LogP contribution >= 0.6 is 0 Å². The van der Waals surface area contributed by atoms with E-state index in [0.29, 0.717) is 0 Å². The van der Waals surface area contributed by atoms with Gasteiger partial charge in [0.25, 0.3) is 0 Å². The SMILES string of the molecule is CC1(C)OB(c2ccc(-c3cccc4ccccc34)cc2)OC1(C)C. The van der Waals surface area contributed by atoms with Crippen LogP contribution in [0.1, 0.15) is 27.7 Å². The summed E-state index contributed by atoms with van der Waals surface area (Å²) in [5.74, 6) is 0. The monoisotopic (exact) mass is 330 g/mol. The van der Waals surface area contributed by atoms with Gasteiger partial charge in [0.2, 0.25) is 0 Å². The van der Waals surface area contributed by atoms with Crippen molar-refractivity contribution in [2.24, 2.45) is 0 Å². The molecular weight excluding hydrogens is 307 g/mol. The van der Waals surface area contributed by atoms with Crippen molar-refractivity contribution in [3.8, 4) is 11.1 Å². The van der Waals surface area contributed by atoms with E-state index in [9.17, 15) is 0 Å². The lowest BCUT2D eigenvalue weighted by Gasteiger charge is -2.32. The molecule has 0 radical (unpaired) electrons. The first-order valence-corrected chi connectivity index (χ1v) is 8.81. The quantitative estimate of drug-likeness (QED) is 0.628. The van der Waals surface area contributed by atoms with Crippen molar-refractivity contribution < 1.29 is 9.31 Å². The smallest absolute Gasteiger partial charge is 0.399 e. The second kappa shape index (κ2) is 5.72. The molecule has 0 N–H and O–H groups in total. The molecule has 1 aliphatic heterocycles. The molecule has 25 heavy (non-hydrogen) atoms. The molecule has 0 saturated carbocycles. The van der Waals surface area contributed by atoms with Gasteiger partial charge in [-0.05, 0) is 55.1 Å². The molecule has 3 aromatic rings. The van der Waals surface area contributed by atoms with Crippen LogP contribution in [0.4, 0.5) is 0 Å². The highest BCUT2D eigenvalue weighted by Gasteiger charge is 2.51. The fraction of sp³-hybridized carbons (Fsp3) is 0.273. The largest absolute Gasteiger partial charge is 0.494 e. The summed E-state index contributed by atoms with van der Waals surface area (Å²) >= 11 is 0. The summed E-state index contributed by atoms with van der Waals surface area (Å²) < 4.78 is 12.3. The summed E-state index contributed by atoms with van der Waals surface area (Å²) in [5.41, 5.74) is 2.89. The summed E-state index contributed by atoms with van der Waals surface area (Å²) in [7, 11) is -0.313. The topological polar surface area (TPSA) is 18.5 Å². The Morgan fingerprint density at radius 2 is 1.28 bits per heavy atom. The van der Waals surface area contributed by atoms with E-state index < -0.39 is 0 Å². The second-order valence-corrected chi connectivity index (χ2v) is 7.74. The van der Waals surface area contributed by atoms with Crippen LogP contribution in [-0.2, 0) is 9.31 Å². The second-order valence-electron chi connectivity index (χ2n) is 7.74. The molecule has 0 aromatic heterocycles. The third-order valence-corrected chi connectivity index (χ3v) is 5.54. The van der Waals surface area contributed by atoms with Gasteiger partial charge in [-0.1, -0.05) is 66.7 Å². The van der Waals surface area contributed by atoms with Crippen LogP contribution in [0.15, 0.2) is 66.7 Å². The predicted molar refractivity (Wildman–Crippen MR) is 105 cm³/mol. The summed E-state index contributed by atoms with van der Waals surface area (Å²) in [6.45, 7) is 8.32. The number of rotatable bonds is 2. The van der Waals surface area contributed by atoms with Crippen molar-refractivity contribution in [2.45, 2.75) is 38.9 Å². The minimum absolute atomic E-state index is 0.313. The summed E-state index contributed by atoms with van der Waals surface area (Å²) in [5, 5.41) is 2.53. The van der Waals surface area contributed by atoms with Crippen molar-refractivity contribution in [2.75, 3.05) is 0 Å². The Morgan fingerprint density at radius 1 is 0.680 bits per heavy atom. The molecule has 3 aromatic carbocycles. The number of hydrogen-bond donors (Lipinski definition) is 0. The van der Waals surface area contributed by atoms with Crippen molar-refractivity contribution in [3.63, 3.8) is 0 Å². The van der Waals surface area contributed by atoms with Gasteiger partial charge in [-0.15, -0.1) is 0 Å². The first kappa shape index (κ1) is 16.4. The number of benzene rings is 3. The molecule has 1 heterocycles. The highest BCUT2D eigenvalue weighted by atomic mass is 16.7. The lowest BCUT2D eigenvalue weighted by atomic mass is 9.78. The van der Waals surface area contributed by atoms with Gasteiger partial charge >= 0.3 is 7.12 Å². The Hall–Kier alpha value is -2.10. The average molecular weight is 330 g/mol. The normalized spacial score (nSPS) is 18.6. The highest BCUT2D eigenvalue weighted by Crippen LogP contribution is 2.36. The molecule has 126 valence electrons. The van der Waals surface area contributed by atoms with Crippen LogP contribution in [0.5, 0.6) is 0 Å². The summed E-state index contributed by atoms with van der Waals surface area (Å²) in [6.07, 6.45) is 0. The Labute approximate surface area is 149 Å². The van der Waals surface area contributed by atoms with E-state index in [1.807, 2.05) is 0 Å². The van der Waals surface area contributed by atoms with Crippen LogP contribution in [-0.4, -0.2) is 18.3 Å². The molecule has 0 unspecified atom stereocenters. The van der Waals surface area contributed by atoms with Crippen LogP contribution in [0.3, 0.4) is 0 Å². The van der Waals surface area contributed by atoms with Gasteiger partial charge in [0, 0.05) is 0 Å². The number of fused-ring (bicyclic) bond motifs is 1. The van der Waals surface area contributed by atoms with Gasteiger partial charge in [0.15, 0.2) is 0 Å². The molecule has 3 heteroatoms. The molecule has 1 saturated heterocycles. The van der Waals surface area contributed by atoms with Crippen molar-refractivity contribution in [1.82, 2.24) is 0 Å². The van der Waals surface area contributed by atoms with E-state index in [1.165, 1.54) is 21.9 Å². The maximum atomic E-state index is 6.14. The van der Waals surface area contributed by atoms with Gasteiger partial charge in [0.1, 0.15) is 0 Å². The van der Waals surface area contributed by atoms with E-state index >= 15 is 0 Å². The third-order valence-electron chi connectivity index (χ3n) is 5.54. The van der Waals surface area contributed by atoms with Crippen molar-refractivity contribution >= 4 is 23.4 Å². The Morgan fingerprint density at radius 3 is 1.96 bits per heavy atom. The van der Waals surface area contributed by atoms with Gasteiger partial charge < -0.3 is 9.31 Å². The minimum Gasteiger partial charge on any atom is -0.399 e. The zero-order valence-electron chi connectivity index (χ0n) is 15.2. The maximum Gasteiger partial charge on any atom is 0.494 e. The van der Waals surface area contributed by atoms with E-state index in [-0.39, 0.29) is 18.3 Å². The molecule has 0 spiro atoms. The molecule has 0 bridgehead atoms. The summed E-state index contributed by atoms with van der Waals surface area (Å²) in [4.78, 5) is 0. The van der Waals surface area contributed by atoms with Gasteiger partial charge in [-0.25, -0.2) is 0 Å². The first-order valence-electron chi connectivity index (χ1n) is 8.81. The minimum atomic E-state index is -0.314. The van der Waals surface area contributed by atoms with Crippen molar-refractivity contribution in [1.29, 1.82) is 0 Å². The van der Waals surface area contributed by atoms with Crippen LogP contribution in [0, 0.1) is 0 Å². The molecule has 2 nitrogen and oxygen atoms in total. The lowest BCUT2D eigenvalue weighted by Crippen LogP contribution is -2.41. The first-order chi connectivity index (χ1) is 11.9. The van der Waals surface area contributed by atoms with Crippen LogP contribution in [0.2, 0.25) is 0 Å². The fourth-order valence-electron chi connectivity index (χ4n) is 3.28.